The third-order valence-corrected chi connectivity index (χ3v) is 6.25. The summed E-state index contributed by atoms with van der Waals surface area (Å²) in [5.41, 5.74) is 1.60. The summed E-state index contributed by atoms with van der Waals surface area (Å²) in [5.74, 6) is 0.210. The highest BCUT2D eigenvalue weighted by molar-refractivity contribution is 6.31. The molecule has 0 aliphatic carbocycles. The number of piperazine rings is 2. The number of ether oxygens (including phenoxy) is 1. The highest BCUT2D eigenvalue weighted by Gasteiger charge is 2.46. The lowest BCUT2D eigenvalue weighted by Crippen LogP contribution is -2.70. The molecule has 0 saturated carbocycles. The van der Waals surface area contributed by atoms with Crippen LogP contribution in [0.25, 0.3) is 11.0 Å². The number of rotatable bonds is 6. The highest BCUT2D eigenvalue weighted by Crippen LogP contribution is 2.23. The molecule has 166 valence electrons. The van der Waals surface area contributed by atoms with Gasteiger partial charge >= 0.3 is 0 Å². The smallest absolute Gasteiger partial charge is 0.247 e. The fraction of sp³-hybridized carbons (Fsp3) is 0.524. The van der Waals surface area contributed by atoms with E-state index in [4.69, 9.17) is 16.3 Å². The standard InChI is InChI=1S/C21H26ClN5O4/c1-13-20(29)26-8-7-25(9-10-31-2)21(30)17(26)12-27(13)19(28)6-5-18-23-15-4-3-14(22)11-16(15)24-18/h3-4,11,13,17H,5-10,12H2,1-2H3,(H,23,24)/t13-,17-/m0/s1. The molecule has 1 aromatic carbocycles. The summed E-state index contributed by atoms with van der Waals surface area (Å²) in [4.78, 5) is 51.3. The minimum atomic E-state index is -0.633. The molecule has 3 amide bonds. The molecule has 2 atom stereocenters. The van der Waals surface area contributed by atoms with Crippen LogP contribution in [0.1, 0.15) is 19.2 Å². The number of benzene rings is 1. The number of carbonyl (C=O) groups is 3. The molecule has 31 heavy (non-hydrogen) atoms. The van der Waals surface area contributed by atoms with Crippen LogP contribution in [0.5, 0.6) is 0 Å². The zero-order valence-electron chi connectivity index (χ0n) is 17.6. The quantitative estimate of drug-likeness (QED) is 0.714. The van der Waals surface area contributed by atoms with Gasteiger partial charge in [0, 0.05) is 44.6 Å². The number of aryl methyl sites for hydroxylation is 1. The van der Waals surface area contributed by atoms with Crippen molar-refractivity contribution in [2.45, 2.75) is 31.8 Å². The Morgan fingerprint density at radius 3 is 2.87 bits per heavy atom. The number of imidazole rings is 1. The lowest BCUT2D eigenvalue weighted by molar-refractivity contribution is -0.165. The first-order chi connectivity index (χ1) is 14.9. The largest absolute Gasteiger partial charge is 0.383 e. The van der Waals surface area contributed by atoms with Crippen LogP contribution in [0.2, 0.25) is 5.02 Å². The molecule has 2 fully saturated rings. The van der Waals surface area contributed by atoms with E-state index in [1.54, 1.807) is 36.0 Å². The second kappa shape index (κ2) is 8.84. The molecular formula is C21H26ClN5O4. The number of nitrogens with zero attached hydrogens (tertiary/aromatic N) is 4. The first-order valence-electron chi connectivity index (χ1n) is 10.4. The van der Waals surface area contributed by atoms with Crippen molar-refractivity contribution in [3.63, 3.8) is 0 Å². The van der Waals surface area contributed by atoms with E-state index in [1.807, 2.05) is 6.07 Å². The van der Waals surface area contributed by atoms with Crippen molar-refractivity contribution in [3.8, 4) is 0 Å². The average Bonchev–Trinajstić information content (AvgIpc) is 3.16. The SMILES string of the molecule is COCCN1CCN2C(=O)[C@H](C)N(C(=O)CCc3nc4ccc(Cl)cc4[nH]3)C[C@H]2C1=O. The van der Waals surface area contributed by atoms with Crippen LogP contribution in [0, 0.1) is 0 Å². The van der Waals surface area contributed by atoms with Crippen LogP contribution in [0.3, 0.4) is 0 Å². The molecule has 2 aliphatic heterocycles. The topological polar surface area (TPSA) is 98.8 Å². The van der Waals surface area contributed by atoms with E-state index in [-0.39, 0.29) is 30.7 Å². The van der Waals surface area contributed by atoms with Gasteiger partial charge in [-0.15, -0.1) is 0 Å². The van der Waals surface area contributed by atoms with Crippen molar-refractivity contribution in [2.24, 2.45) is 0 Å². The zero-order chi connectivity index (χ0) is 22.1. The van der Waals surface area contributed by atoms with Crippen molar-refractivity contribution in [3.05, 3.63) is 29.0 Å². The molecule has 0 radical (unpaired) electrons. The Kier molecular flexibility index (Phi) is 6.15. The first kappa shape index (κ1) is 21.6. The van der Waals surface area contributed by atoms with E-state index in [9.17, 15) is 14.4 Å². The lowest BCUT2D eigenvalue weighted by Gasteiger charge is -2.48. The van der Waals surface area contributed by atoms with Gasteiger partial charge in [0.05, 0.1) is 24.2 Å². The first-order valence-corrected chi connectivity index (χ1v) is 10.8. The van der Waals surface area contributed by atoms with Crippen LogP contribution < -0.4 is 0 Å². The fourth-order valence-electron chi connectivity index (χ4n) is 4.26. The Morgan fingerprint density at radius 1 is 1.29 bits per heavy atom. The molecule has 0 bridgehead atoms. The maximum atomic E-state index is 13.0. The number of methoxy groups -OCH3 is 1. The summed E-state index contributed by atoms with van der Waals surface area (Å²) >= 11 is 6.01. The second-order valence-corrected chi connectivity index (χ2v) is 8.37. The van der Waals surface area contributed by atoms with Crippen LogP contribution in [-0.4, -0.2) is 94.4 Å². The molecular weight excluding hydrogens is 422 g/mol. The summed E-state index contributed by atoms with van der Waals surface area (Å²) in [5, 5.41) is 0.612. The van der Waals surface area contributed by atoms with E-state index in [0.717, 1.165) is 11.0 Å². The molecule has 9 nitrogen and oxygen atoms in total. The van der Waals surface area contributed by atoms with Gasteiger partial charge in [0.2, 0.25) is 17.7 Å². The highest BCUT2D eigenvalue weighted by atomic mass is 35.5. The predicted molar refractivity (Wildman–Crippen MR) is 115 cm³/mol. The van der Waals surface area contributed by atoms with Gasteiger partial charge in [0.15, 0.2) is 0 Å². The van der Waals surface area contributed by atoms with Gasteiger partial charge < -0.3 is 24.4 Å². The van der Waals surface area contributed by atoms with Crippen LogP contribution >= 0.6 is 11.6 Å². The molecule has 1 aromatic heterocycles. The van der Waals surface area contributed by atoms with Crippen LogP contribution in [0.15, 0.2) is 18.2 Å². The van der Waals surface area contributed by atoms with E-state index < -0.39 is 12.1 Å². The number of amides is 3. The summed E-state index contributed by atoms with van der Waals surface area (Å²) in [6, 6.07) is 4.16. The van der Waals surface area contributed by atoms with E-state index >= 15 is 0 Å². The van der Waals surface area contributed by atoms with Gasteiger partial charge in [0.1, 0.15) is 17.9 Å². The third kappa shape index (κ3) is 4.24. The van der Waals surface area contributed by atoms with Gasteiger partial charge in [-0.2, -0.15) is 0 Å². The lowest BCUT2D eigenvalue weighted by atomic mass is 10.0. The molecule has 0 unspecified atom stereocenters. The number of H-pyrrole nitrogens is 1. The van der Waals surface area contributed by atoms with E-state index in [1.165, 1.54) is 4.90 Å². The molecule has 1 N–H and O–H groups in total. The number of carbonyl (C=O) groups excluding carboxylic acids is 3. The average molecular weight is 448 g/mol. The maximum absolute atomic E-state index is 13.0. The molecule has 4 rings (SSSR count). The summed E-state index contributed by atoms with van der Waals surface area (Å²) in [6.45, 7) is 3.82. The minimum Gasteiger partial charge on any atom is -0.383 e. The van der Waals surface area contributed by atoms with Crippen molar-refractivity contribution < 1.29 is 19.1 Å². The number of nitrogens with one attached hydrogen (secondary N) is 1. The number of halogens is 1. The van der Waals surface area contributed by atoms with Crippen molar-refractivity contribution >= 4 is 40.4 Å². The van der Waals surface area contributed by atoms with E-state index in [2.05, 4.69) is 9.97 Å². The van der Waals surface area contributed by atoms with E-state index in [0.29, 0.717) is 43.5 Å². The monoisotopic (exact) mass is 447 g/mol. The number of hydrogen-bond donors (Lipinski definition) is 1. The van der Waals surface area contributed by atoms with Crippen LogP contribution in [0.4, 0.5) is 0 Å². The number of aromatic amines is 1. The molecule has 3 heterocycles. The van der Waals surface area contributed by atoms with Crippen LogP contribution in [-0.2, 0) is 25.5 Å². The summed E-state index contributed by atoms with van der Waals surface area (Å²) in [7, 11) is 1.59. The maximum Gasteiger partial charge on any atom is 0.247 e. The number of fused-ring (bicyclic) bond motifs is 2. The van der Waals surface area contributed by atoms with Gasteiger partial charge in [0.25, 0.3) is 0 Å². The molecule has 2 aromatic rings. The Balaban J connectivity index is 1.43. The third-order valence-electron chi connectivity index (χ3n) is 6.02. The molecule has 0 spiro atoms. The number of aromatic nitrogens is 2. The Bertz CT molecular complexity index is 1010. The Hall–Kier alpha value is -2.65. The summed E-state index contributed by atoms with van der Waals surface area (Å²) in [6.07, 6.45) is 0.601. The van der Waals surface area contributed by atoms with Gasteiger partial charge in [-0.1, -0.05) is 11.6 Å². The molecule has 2 saturated heterocycles. The van der Waals surface area contributed by atoms with Crippen molar-refractivity contribution in [1.82, 2.24) is 24.7 Å². The molecule has 2 aliphatic rings. The number of hydrogen-bond acceptors (Lipinski definition) is 5. The van der Waals surface area contributed by atoms with Crippen molar-refractivity contribution in [2.75, 3.05) is 39.9 Å². The predicted octanol–water partition coefficient (Wildman–Crippen LogP) is 1.07. The van der Waals surface area contributed by atoms with Gasteiger partial charge in [-0.3, -0.25) is 14.4 Å². The normalized spacial score (nSPS) is 21.7. The van der Waals surface area contributed by atoms with Gasteiger partial charge in [-0.25, -0.2) is 4.98 Å². The Morgan fingerprint density at radius 2 is 2.10 bits per heavy atom. The second-order valence-electron chi connectivity index (χ2n) is 7.93. The minimum absolute atomic E-state index is 0.129. The van der Waals surface area contributed by atoms with Gasteiger partial charge in [-0.05, 0) is 25.1 Å². The fourth-order valence-corrected chi connectivity index (χ4v) is 4.43. The summed E-state index contributed by atoms with van der Waals surface area (Å²) < 4.78 is 5.07. The molecule has 10 heteroatoms. The van der Waals surface area contributed by atoms with Crippen molar-refractivity contribution in [1.29, 1.82) is 0 Å². The zero-order valence-corrected chi connectivity index (χ0v) is 18.4. The Labute approximate surface area is 185 Å².